The van der Waals surface area contributed by atoms with Gasteiger partial charge in [-0.05, 0) is 26.7 Å². The molecule has 0 aromatic heterocycles. The monoisotopic (exact) mass is 400 g/mol. The molecule has 1 amide bonds. The number of halogens is 1. The molecule has 0 aliphatic carbocycles. The van der Waals surface area contributed by atoms with Crippen molar-refractivity contribution in [3.05, 3.63) is 0 Å². The smallest absolute Gasteiger partial charge is 0.241 e. The van der Waals surface area contributed by atoms with Gasteiger partial charge in [-0.25, -0.2) is 4.99 Å². The molecule has 0 aliphatic heterocycles. The normalized spacial score (nSPS) is 10.7. The summed E-state index contributed by atoms with van der Waals surface area (Å²) in [5.74, 6) is 0.624. The Morgan fingerprint density at radius 1 is 1.10 bits per heavy atom. The van der Waals surface area contributed by atoms with Crippen LogP contribution in [0.5, 0.6) is 0 Å². The molecular weight excluding hydrogens is 371 g/mol. The average Bonchev–Trinajstić information content (AvgIpc) is 2.42. The molecule has 0 atom stereocenters. The van der Waals surface area contributed by atoms with E-state index in [1.165, 1.54) is 0 Å². The topological polar surface area (TPSA) is 74.8 Å². The lowest BCUT2D eigenvalue weighted by atomic mass is 10.4. The van der Waals surface area contributed by atoms with E-state index in [-0.39, 0.29) is 36.4 Å². The molecule has 7 heteroatoms. The molecule has 0 saturated carbocycles. The minimum Gasteiger partial charge on any atom is -0.382 e. The third kappa shape index (κ3) is 13.9. The third-order valence-electron chi connectivity index (χ3n) is 2.26. The van der Waals surface area contributed by atoms with Crippen LogP contribution in [0.4, 0.5) is 0 Å². The second-order valence-electron chi connectivity index (χ2n) is 4.02. The lowest BCUT2D eigenvalue weighted by molar-refractivity contribution is -0.119. The summed E-state index contributed by atoms with van der Waals surface area (Å²) >= 11 is 0. The van der Waals surface area contributed by atoms with Crippen LogP contribution in [0.3, 0.4) is 0 Å². The Morgan fingerprint density at radius 2 is 1.85 bits per heavy atom. The van der Waals surface area contributed by atoms with Gasteiger partial charge in [0.2, 0.25) is 5.91 Å². The van der Waals surface area contributed by atoms with Crippen molar-refractivity contribution in [1.29, 1.82) is 0 Å². The van der Waals surface area contributed by atoms with E-state index in [1.807, 2.05) is 20.8 Å². The fraction of sp³-hybridized carbons (Fsp3) is 0.846. The molecule has 0 bridgehead atoms. The van der Waals surface area contributed by atoms with Crippen molar-refractivity contribution in [3.63, 3.8) is 0 Å². The summed E-state index contributed by atoms with van der Waals surface area (Å²) in [4.78, 5) is 15.7. The maximum Gasteiger partial charge on any atom is 0.241 e. The van der Waals surface area contributed by atoms with E-state index in [9.17, 15) is 4.79 Å². The fourth-order valence-electron chi connectivity index (χ4n) is 1.34. The Bertz CT molecular complexity index is 263. The minimum absolute atomic E-state index is 0. The van der Waals surface area contributed by atoms with Crippen molar-refractivity contribution in [2.24, 2.45) is 4.99 Å². The van der Waals surface area contributed by atoms with Crippen LogP contribution >= 0.6 is 24.0 Å². The highest BCUT2D eigenvalue weighted by Crippen LogP contribution is 1.82. The van der Waals surface area contributed by atoms with Crippen molar-refractivity contribution in [2.75, 3.05) is 39.4 Å². The molecule has 0 radical (unpaired) electrons. The predicted octanol–water partition coefficient (Wildman–Crippen LogP) is 1.11. The maximum atomic E-state index is 11.4. The average molecular weight is 400 g/mol. The van der Waals surface area contributed by atoms with Gasteiger partial charge in [0.05, 0.1) is 0 Å². The summed E-state index contributed by atoms with van der Waals surface area (Å²) in [6, 6.07) is 0. The zero-order chi connectivity index (χ0) is 14.3. The SMILES string of the molecule is CCCNC(=O)CN=C(NCC)NCCCOCC.I. The summed E-state index contributed by atoms with van der Waals surface area (Å²) in [6.07, 6.45) is 1.85. The number of carbonyl (C=O) groups excluding carboxylic acids is 1. The molecule has 0 aromatic carbocycles. The summed E-state index contributed by atoms with van der Waals surface area (Å²) in [5.41, 5.74) is 0. The molecule has 0 aromatic rings. The Morgan fingerprint density at radius 3 is 2.45 bits per heavy atom. The lowest BCUT2D eigenvalue weighted by Crippen LogP contribution is -2.39. The Labute approximate surface area is 139 Å². The van der Waals surface area contributed by atoms with Crippen LogP contribution in [0.15, 0.2) is 4.99 Å². The van der Waals surface area contributed by atoms with Crippen LogP contribution in [-0.4, -0.2) is 51.3 Å². The number of guanidine groups is 1. The summed E-state index contributed by atoms with van der Waals surface area (Å²) < 4.78 is 5.25. The second kappa shape index (κ2) is 16.5. The first kappa shape index (κ1) is 21.7. The third-order valence-corrected chi connectivity index (χ3v) is 2.26. The van der Waals surface area contributed by atoms with E-state index in [2.05, 4.69) is 20.9 Å². The van der Waals surface area contributed by atoms with E-state index >= 15 is 0 Å². The number of nitrogens with zero attached hydrogens (tertiary/aromatic N) is 1. The molecule has 0 saturated heterocycles. The predicted molar refractivity (Wildman–Crippen MR) is 93.8 cm³/mol. The van der Waals surface area contributed by atoms with Crippen LogP contribution in [-0.2, 0) is 9.53 Å². The molecule has 0 rings (SSSR count). The largest absolute Gasteiger partial charge is 0.382 e. The summed E-state index contributed by atoms with van der Waals surface area (Å²) in [7, 11) is 0. The number of amides is 1. The van der Waals surface area contributed by atoms with Crippen molar-refractivity contribution < 1.29 is 9.53 Å². The number of ether oxygens (including phenoxy) is 1. The first-order valence-electron chi connectivity index (χ1n) is 7.11. The molecule has 120 valence electrons. The van der Waals surface area contributed by atoms with Crippen LogP contribution < -0.4 is 16.0 Å². The van der Waals surface area contributed by atoms with Crippen molar-refractivity contribution in [2.45, 2.75) is 33.6 Å². The standard InChI is InChI=1S/C13H28N4O2.HI/c1-4-8-15-12(18)11-17-13(14-5-2)16-9-7-10-19-6-3;/h4-11H2,1-3H3,(H,15,18)(H2,14,16,17);1H. The lowest BCUT2D eigenvalue weighted by Gasteiger charge is -2.11. The van der Waals surface area contributed by atoms with Crippen LogP contribution in [0.25, 0.3) is 0 Å². The van der Waals surface area contributed by atoms with Crippen molar-refractivity contribution in [3.8, 4) is 0 Å². The number of hydrogen-bond acceptors (Lipinski definition) is 3. The van der Waals surface area contributed by atoms with Crippen molar-refractivity contribution in [1.82, 2.24) is 16.0 Å². The number of rotatable bonds is 10. The molecule has 3 N–H and O–H groups in total. The van der Waals surface area contributed by atoms with Gasteiger partial charge < -0.3 is 20.7 Å². The Kier molecular flexibility index (Phi) is 17.9. The van der Waals surface area contributed by atoms with E-state index < -0.39 is 0 Å². The first-order valence-corrected chi connectivity index (χ1v) is 7.11. The minimum atomic E-state index is -0.0478. The highest BCUT2D eigenvalue weighted by molar-refractivity contribution is 14.0. The van der Waals surface area contributed by atoms with Gasteiger partial charge in [0.1, 0.15) is 6.54 Å². The van der Waals surface area contributed by atoms with Gasteiger partial charge in [-0.15, -0.1) is 24.0 Å². The van der Waals surface area contributed by atoms with E-state index in [1.54, 1.807) is 0 Å². The van der Waals surface area contributed by atoms with Gasteiger partial charge >= 0.3 is 0 Å². The van der Waals surface area contributed by atoms with Gasteiger partial charge in [-0.3, -0.25) is 4.79 Å². The second-order valence-corrected chi connectivity index (χ2v) is 4.02. The highest BCUT2D eigenvalue weighted by Gasteiger charge is 2.00. The van der Waals surface area contributed by atoms with Gasteiger partial charge in [0.25, 0.3) is 0 Å². The molecule has 20 heavy (non-hydrogen) atoms. The van der Waals surface area contributed by atoms with Crippen LogP contribution in [0.2, 0.25) is 0 Å². The molecule has 0 unspecified atom stereocenters. The van der Waals surface area contributed by atoms with Gasteiger partial charge in [-0.1, -0.05) is 6.92 Å². The molecule has 0 spiro atoms. The van der Waals surface area contributed by atoms with Crippen molar-refractivity contribution >= 4 is 35.8 Å². The zero-order valence-corrected chi connectivity index (χ0v) is 15.2. The van der Waals surface area contributed by atoms with Crippen LogP contribution in [0.1, 0.15) is 33.6 Å². The number of carbonyl (C=O) groups is 1. The highest BCUT2D eigenvalue weighted by atomic mass is 127. The first-order chi connectivity index (χ1) is 9.24. The zero-order valence-electron chi connectivity index (χ0n) is 12.8. The number of aliphatic imine (C=N–C) groups is 1. The summed E-state index contributed by atoms with van der Waals surface area (Å²) in [6.45, 7) is 9.88. The van der Waals surface area contributed by atoms with Crippen LogP contribution in [0, 0.1) is 0 Å². The van der Waals surface area contributed by atoms with Gasteiger partial charge in [-0.2, -0.15) is 0 Å². The molecule has 0 fully saturated rings. The summed E-state index contributed by atoms with van der Waals surface area (Å²) in [5, 5.41) is 9.07. The molecule has 6 nitrogen and oxygen atoms in total. The van der Waals surface area contributed by atoms with Gasteiger partial charge in [0, 0.05) is 32.8 Å². The number of nitrogens with one attached hydrogen (secondary N) is 3. The van der Waals surface area contributed by atoms with E-state index in [4.69, 9.17) is 4.74 Å². The molecule has 0 aliphatic rings. The quantitative estimate of drug-likeness (QED) is 0.222. The van der Waals surface area contributed by atoms with E-state index in [0.717, 1.165) is 39.1 Å². The van der Waals surface area contributed by atoms with E-state index in [0.29, 0.717) is 12.5 Å². The number of hydrogen-bond donors (Lipinski definition) is 3. The molecule has 0 heterocycles. The fourth-order valence-corrected chi connectivity index (χ4v) is 1.34. The Balaban J connectivity index is 0. The Hall–Kier alpha value is -0.570. The maximum absolute atomic E-state index is 11.4. The van der Waals surface area contributed by atoms with Gasteiger partial charge in [0.15, 0.2) is 5.96 Å². The molecular formula is C13H29IN4O2.